The first-order valence-corrected chi connectivity index (χ1v) is 6.30. The third kappa shape index (κ3) is 3.66. The van der Waals surface area contributed by atoms with Gasteiger partial charge in [0.15, 0.2) is 0 Å². The van der Waals surface area contributed by atoms with E-state index < -0.39 is 13.0 Å². The predicted octanol–water partition coefficient (Wildman–Crippen LogP) is 2.54. The summed E-state index contributed by atoms with van der Waals surface area (Å²) in [4.78, 5) is 16.0. The molecule has 0 amide bonds. The number of fused-ring (bicyclic) bond motifs is 1. The highest BCUT2D eigenvalue weighted by molar-refractivity contribution is 14.1. The summed E-state index contributed by atoms with van der Waals surface area (Å²) in [5.41, 5.74) is 0.132. The van der Waals surface area contributed by atoms with Crippen LogP contribution in [0.15, 0.2) is 29.3 Å². The van der Waals surface area contributed by atoms with E-state index in [-0.39, 0.29) is 12.1 Å². The molecule has 0 aliphatic heterocycles. The third-order valence-electron chi connectivity index (χ3n) is 2.38. The van der Waals surface area contributed by atoms with Crippen molar-refractivity contribution in [3.63, 3.8) is 0 Å². The molecule has 0 saturated heterocycles. The second-order valence-electron chi connectivity index (χ2n) is 3.70. The molecule has 0 unspecified atom stereocenters. The molecular weight excluding hydrogens is 376 g/mol. The number of hydrogen-bond donors (Lipinski definition) is 0. The SMILES string of the molecule is O=c1c2cc(I)ccc2ncn1CCOC(F)(F)F. The van der Waals surface area contributed by atoms with Crippen LogP contribution in [0.5, 0.6) is 0 Å². The van der Waals surface area contributed by atoms with Crippen LogP contribution in [0.4, 0.5) is 13.2 Å². The van der Waals surface area contributed by atoms with Crippen molar-refractivity contribution in [1.29, 1.82) is 0 Å². The summed E-state index contributed by atoms with van der Waals surface area (Å²) in [6, 6.07) is 5.13. The largest absolute Gasteiger partial charge is 0.522 e. The van der Waals surface area contributed by atoms with Gasteiger partial charge in [-0.05, 0) is 40.8 Å². The summed E-state index contributed by atoms with van der Waals surface area (Å²) in [5.74, 6) is 0. The highest BCUT2D eigenvalue weighted by atomic mass is 127. The van der Waals surface area contributed by atoms with Gasteiger partial charge in [-0.3, -0.25) is 14.1 Å². The average molecular weight is 384 g/mol. The zero-order valence-electron chi connectivity index (χ0n) is 9.45. The summed E-state index contributed by atoms with van der Waals surface area (Å²) < 4.78 is 41.1. The van der Waals surface area contributed by atoms with Gasteiger partial charge in [0.05, 0.1) is 30.4 Å². The Bertz CT molecular complexity index is 654. The molecule has 0 atom stereocenters. The number of benzene rings is 1. The molecule has 102 valence electrons. The molecule has 8 heteroatoms. The Labute approximate surface area is 119 Å². The van der Waals surface area contributed by atoms with Crippen molar-refractivity contribution >= 4 is 33.5 Å². The maximum Gasteiger partial charge on any atom is 0.522 e. The second-order valence-corrected chi connectivity index (χ2v) is 4.94. The van der Waals surface area contributed by atoms with Crippen molar-refractivity contribution in [1.82, 2.24) is 9.55 Å². The molecule has 0 radical (unpaired) electrons. The van der Waals surface area contributed by atoms with E-state index in [0.717, 1.165) is 8.14 Å². The molecule has 19 heavy (non-hydrogen) atoms. The van der Waals surface area contributed by atoms with E-state index in [0.29, 0.717) is 10.9 Å². The summed E-state index contributed by atoms with van der Waals surface area (Å²) in [6.07, 6.45) is -3.47. The maximum absolute atomic E-state index is 12.0. The number of ether oxygens (including phenoxy) is 1. The highest BCUT2D eigenvalue weighted by Gasteiger charge is 2.28. The van der Waals surface area contributed by atoms with Crippen LogP contribution in [-0.4, -0.2) is 22.5 Å². The van der Waals surface area contributed by atoms with E-state index in [4.69, 9.17) is 0 Å². The van der Waals surface area contributed by atoms with Crippen molar-refractivity contribution in [3.05, 3.63) is 38.5 Å². The van der Waals surface area contributed by atoms with Crippen LogP contribution in [0, 0.1) is 3.57 Å². The lowest BCUT2D eigenvalue weighted by molar-refractivity contribution is -0.325. The number of nitrogens with zero attached hydrogens (tertiary/aromatic N) is 2. The van der Waals surface area contributed by atoms with Gasteiger partial charge in [-0.25, -0.2) is 4.98 Å². The van der Waals surface area contributed by atoms with Crippen LogP contribution in [0.2, 0.25) is 0 Å². The summed E-state index contributed by atoms with van der Waals surface area (Å²) in [7, 11) is 0. The maximum atomic E-state index is 12.0. The van der Waals surface area contributed by atoms with Crippen molar-refractivity contribution in [2.75, 3.05) is 6.61 Å². The lowest BCUT2D eigenvalue weighted by atomic mass is 10.2. The number of halogens is 4. The van der Waals surface area contributed by atoms with Crippen LogP contribution in [0.25, 0.3) is 10.9 Å². The molecule has 0 bridgehead atoms. The minimum Gasteiger partial charge on any atom is -0.296 e. The number of aromatic nitrogens is 2. The molecule has 0 saturated carbocycles. The quantitative estimate of drug-likeness (QED) is 0.765. The van der Waals surface area contributed by atoms with E-state index in [9.17, 15) is 18.0 Å². The molecular formula is C11H8F3IN2O2. The molecule has 0 fully saturated rings. The molecule has 0 spiro atoms. The van der Waals surface area contributed by atoms with Crippen LogP contribution >= 0.6 is 22.6 Å². The monoisotopic (exact) mass is 384 g/mol. The fourth-order valence-electron chi connectivity index (χ4n) is 1.55. The topological polar surface area (TPSA) is 44.1 Å². The van der Waals surface area contributed by atoms with Crippen LogP contribution in [-0.2, 0) is 11.3 Å². The summed E-state index contributed by atoms with van der Waals surface area (Å²) >= 11 is 2.05. The van der Waals surface area contributed by atoms with Gasteiger partial charge in [-0.2, -0.15) is 0 Å². The average Bonchev–Trinajstić information content (AvgIpc) is 2.31. The standard InChI is InChI=1S/C11H8F3IN2O2/c12-11(13,14)19-4-3-17-6-16-9-2-1-7(15)5-8(9)10(17)18/h1-2,5-6H,3-4H2. The molecule has 2 rings (SSSR count). The van der Waals surface area contributed by atoms with Gasteiger partial charge in [-0.15, -0.1) is 13.2 Å². The normalized spacial score (nSPS) is 12.0. The van der Waals surface area contributed by atoms with Crippen LogP contribution in [0.1, 0.15) is 0 Å². The van der Waals surface area contributed by atoms with E-state index in [2.05, 4.69) is 9.72 Å². The van der Waals surface area contributed by atoms with E-state index >= 15 is 0 Å². The van der Waals surface area contributed by atoms with E-state index in [1.807, 2.05) is 22.6 Å². The predicted molar refractivity (Wildman–Crippen MR) is 70.7 cm³/mol. The number of alkyl halides is 3. The van der Waals surface area contributed by atoms with Gasteiger partial charge in [-0.1, -0.05) is 0 Å². The van der Waals surface area contributed by atoms with Gasteiger partial charge >= 0.3 is 6.36 Å². The van der Waals surface area contributed by atoms with Crippen LogP contribution < -0.4 is 5.56 Å². The van der Waals surface area contributed by atoms with Crippen molar-refractivity contribution < 1.29 is 17.9 Å². The molecule has 1 aromatic carbocycles. The first-order chi connectivity index (χ1) is 8.87. The molecule has 0 aliphatic carbocycles. The molecule has 1 aromatic heterocycles. The summed E-state index contributed by atoms with van der Waals surface area (Å²) in [5, 5.41) is 0.376. The van der Waals surface area contributed by atoms with E-state index in [1.165, 1.54) is 6.33 Å². The second kappa shape index (κ2) is 5.45. The molecule has 0 N–H and O–H groups in total. The van der Waals surface area contributed by atoms with Gasteiger partial charge in [0.1, 0.15) is 0 Å². The fraction of sp³-hybridized carbons (Fsp3) is 0.273. The zero-order valence-corrected chi connectivity index (χ0v) is 11.6. The Morgan fingerprint density at radius 2 is 2.11 bits per heavy atom. The Balaban J connectivity index is 2.25. The molecule has 0 aliphatic rings. The summed E-state index contributed by atoms with van der Waals surface area (Å²) in [6.45, 7) is -0.826. The zero-order chi connectivity index (χ0) is 14.0. The number of rotatable bonds is 3. The van der Waals surface area contributed by atoms with Crippen LogP contribution in [0.3, 0.4) is 0 Å². The Hall–Kier alpha value is -1.16. The Morgan fingerprint density at radius 1 is 1.37 bits per heavy atom. The van der Waals surface area contributed by atoms with Gasteiger partial charge in [0.2, 0.25) is 0 Å². The molecule has 2 aromatic rings. The Morgan fingerprint density at radius 3 is 2.79 bits per heavy atom. The number of hydrogen-bond acceptors (Lipinski definition) is 3. The van der Waals surface area contributed by atoms with Gasteiger partial charge in [0.25, 0.3) is 5.56 Å². The van der Waals surface area contributed by atoms with E-state index in [1.54, 1.807) is 18.2 Å². The van der Waals surface area contributed by atoms with Crippen molar-refractivity contribution in [2.24, 2.45) is 0 Å². The third-order valence-corrected chi connectivity index (χ3v) is 3.05. The highest BCUT2D eigenvalue weighted by Crippen LogP contribution is 2.16. The minimum absolute atomic E-state index is 0.202. The smallest absolute Gasteiger partial charge is 0.296 e. The molecule has 1 heterocycles. The Kier molecular flexibility index (Phi) is 4.09. The minimum atomic E-state index is -4.69. The first kappa shape index (κ1) is 14.3. The fourth-order valence-corrected chi connectivity index (χ4v) is 2.04. The van der Waals surface area contributed by atoms with Crippen molar-refractivity contribution in [3.8, 4) is 0 Å². The first-order valence-electron chi connectivity index (χ1n) is 5.22. The van der Waals surface area contributed by atoms with Gasteiger partial charge in [0, 0.05) is 3.57 Å². The van der Waals surface area contributed by atoms with Gasteiger partial charge < -0.3 is 0 Å². The molecule has 4 nitrogen and oxygen atoms in total. The van der Waals surface area contributed by atoms with Crippen molar-refractivity contribution in [2.45, 2.75) is 12.9 Å². The lowest BCUT2D eigenvalue weighted by Crippen LogP contribution is -2.25. The lowest BCUT2D eigenvalue weighted by Gasteiger charge is -2.09.